The molecule has 0 saturated carbocycles. The number of halogens is 1. The standard InChI is InChI=1S/C14H14FN5O2/c1-19-11-10(12(21)18-14(19)22)20-6-9(16-13(20)17-11)7-2-4-8(15)5-3-7/h2-6,10-11,13,16-17H,1H3,(H,18,21,22). The first kappa shape index (κ1) is 13.1. The molecule has 8 heteroatoms. The second kappa shape index (κ2) is 4.44. The van der Waals surface area contributed by atoms with Crippen molar-refractivity contribution in [1.82, 2.24) is 25.8 Å². The summed E-state index contributed by atoms with van der Waals surface area (Å²) in [5, 5.41) is 8.78. The van der Waals surface area contributed by atoms with E-state index in [4.69, 9.17) is 0 Å². The predicted molar refractivity (Wildman–Crippen MR) is 75.2 cm³/mol. The predicted octanol–water partition coefficient (Wildman–Crippen LogP) is -0.208. The molecule has 0 radical (unpaired) electrons. The molecule has 2 saturated heterocycles. The van der Waals surface area contributed by atoms with Crippen LogP contribution < -0.4 is 16.0 Å². The van der Waals surface area contributed by atoms with Crippen LogP contribution >= 0.6 is 0 Å². The first-order valence-corrected chi connectivity index (χ1v) is 6.90. The zero-order valence-corrected chi connectivity index (χ0v) is 11.7. The Morgan fingerprint density at radius 2 is 1.91 bits per heavy atom. The lowest BCUT2D eigenvalue weighted by molar-refractivity contribution is -0.126. The molecule has 1 aromatic carbocycles. The summed E-state index contributed by atoms with van der Waals surface area (Å²) >= 11 is 0. The molecule has 0 aromatic heterocycles. The van der Waals surface area contributed by atoms with Crippen LogP contribution in [0.5, 0.6) is 0 Å². The van der Waals surface area contributed by atoms with E-state index in [0.29, 0.717) is 0 Å². The van der Waals surface area contributed by atoms with Gasteiger partial charge in [0.1, 0.15) is 18.0 Å². The molecule has 3 amide bonds. The van der Waals surface area contributed by atoms with E-state index in [2.05, 4.69) is 16.0 Å². The normalized spacial score (nSPS) is 29.7. The summed E-state index contributed by atoms with van der Waals surface area (Å²) in [5.41, 5.74) is 1.62. The SMILES string of the molecule is CN1C(=O)NC(=O)C2C1NC1NC(c3ccc(F)cc3)=CN12. The van der Waals surface area contributed by atoms with Crippen molar-refractivity contribution in [3.63, 3.8) is 0 Å². The molecular weight excluding hydrogens is 289 g/mol. The van der Waals surface area contributed by atoms with E-state index in [9.17, 15) is 14.0 Å². The number of amides is 3. The molecule has 4 rings (SSSR count). The third-order valence-electron chi connectivity index (χ3n) is 4.21. The number of hydrogen-bond donors (Lipinski definition) is 3. The number of nitrogens with one attached hydrogen (secondary N) is 3. The number of nitrogens with zero attached hydrogens (tertiary/aromatic N) is 2. The smallest absolute Gasteiger partial charge is 0.325 e. The van der Waals surface area contributed by atoms with Crippen molar-refractivity contribution in [2.24, 2.45) is 0 Å². The van der Waals surface area contributed by atoms with Crippen molar-refractivity contribution in [3.05, 3.63) is 41.8 Å². The summed E-state index contributed by atoms with van der Waals surface area (Å²) in [6, 6.07) is 5.20. The Kier molecular flexibility index (Phi) is 2.64. The average molecular weight is 303 g/mol. The monoisotopic (exact) mass is 303 g/mol. The summed E-state index contributed by atoms with van der Waals surface area (Å²) in [6.07, 6.45) is 1.15. The quantitative estimate of drug-likeness (QED) is 0.669. The molecule has 3 N–H and O–H groups in total. The largest absolute Gasteiger partial charge is 0.351 e. The fourth-order valence-corrected chi connectivity index (χ4v) is 3.05. The molecule has 0 spiro atoms. The number of rotatable bonds is 1. The van der Waals surface area contributed by atoms with Gasteiger partial charge in [0.25, 0.3) is 5.91 Å². The Morgan fingerprint density at radius 3 is 2.64 bits per heavy atom. The summed E-state index contributed by atoms with van der Waals surface area (Å²) in [5.74, 6) is -0.630. The van der Waals surface area contributed by atoms with Crippen LogP contribution in [0.3, 0.4) is 0 Å². The lowest BCUT2D eigenvalue weighted by atomic mass is 10.1. The lowest BCUT2D eigenvalue weighted by Gasteiger charge is -2.34. The van der Waals surface area contributed by atoms with Gasteiger partial charge in [-0.3, -0.25) is 15.4 Å². The number of hydrogen-bond acceptors (Lipinski definition) is 5. The van der Waals surface area contributed by atoms with E-state index < -0.39 is 12.1 Å². The van der Waals surface area contributed by atoms with E-state index in [1.807, 2.05) is 11.1 Å². The summed E-state index contributed by atoms with van der Waals surface area (Å²) in [6.45, 7) is 0. The minimum absolute atomic E-state index is 0.283. The zero-order chi connectivity index (χ0) is 15.4. The van der Waals surface area contributed by atoms with E-state index in [-0.39, 0.29) is 24.2 Å². The molecule has 2 fully saturated rings. The zero-order valence-electron chi connectivity index (χ0n) is 11.7. The Balaban J connectivity index is 1.64. The molecule has 3 aliphatic heterocycles. The summed E-state index contributed by atoms with van der Waals surface area (Å²) in [4.78, 5) is 27.1. The second-order valence-electron chi connectivity index (χ2n) is 5.51. The third kappa shape index (κ3) is 1.77. The summed E-state index contributed by atoms with van der Waals surface area (Å²) < 4.78 is 13.0. The minimum atomic E-state index is -0.502. The van der Waals surface area contributed by atoms with Gasteiger partial charge < -0.3 is 15.1 Å². The lowest BCUT2D eigenvalue weighted by Crippen LogP contribution is -2.64. The van der Waals surface area contributed by atoms with E-state index in [1.165, 1.54) is 17.0 Å². The van der Waals surface area contributed by atoms with Gasteiger partial charge in [-0.05, 0) is 29.8 Å². The number of carbonyl (C=O) groups is 2. The van der Waals surface area contributed by atoms with Crippen molar-refractivity contribution in [2.75, 3.05) is 7.05 Å². The van der Waals surface area contributed by atoms with Gasteiger partial charge in [0.2, 0.25) is 0 Å². The first-order valence-electron chi connectivity index (χ1n) is 6.90. The van der Waals surface area contributed by atoms with Crippen LogP contribution in [0.15, 0.2) is 30.5 Å². The first-order chi connectivity index (χ1) is 10.5. The number of imide groups is 1. The molecule has 0 bridgehead atoms. The van der Waals surface area contributed by atoms with Crippen LogP contribution in [-0.4, -0.2) is 47.3 Å². The van der Waals surface area contributed by atoms with Gasteiger partial charge in [-0.25, -0.2) is 9.18 Å². The van der Waals surface area contributed by atoms with Crippen molar-refractivity contribution in [2.45, 2.75) is 18.5 Å². The fourth-order valence-electron chi connectivity index (χ4n) is 3.05. The Morgan fingerprint density at radius 1 is 1.18 bits per heavy atom. The van der Waals surface area contributed by atoms with Crippen molar-refractivity contribution >= 4 is 17.6 Å². The van der Waals surface area contributed by atoms with Crippen LogP contribution in [0.4, 0.5) is 9.18 Å². The molecule has 114 valence electrons. The van der Waals surface area contributed by atoms with Crippen LogP contribution in [-0.2, 0) is 4.79 Å². The van der Waals surface area contributed by atoms with Crippen molar-refractivity contribution < 1.29 is 14.0 Å². The Labute approximate surface area is 125 Å². The molecule has 3 atom stereocenters. The highest BCUT2D eigenvalue weighted by Crippen LogP contribution is 2.29. The molecular formula is C14H14FN5O2. The molecule has 22 heavy (non-hydrogen) atoms. The number of likely N-dealkylation sites (N-methyl/N-ethyl adjacent to an activating group) is 1. The van der Waals surface area contributed by atoms with Crippen LogP contribution in [0, 0.1) is 5.82 Å². The molecule has 3 aliphatic rings. The van der Waals surface area contributed by atoms with E-state index >= 15 is 0 Å². The highest BCUT2D eigenvalue weighted by Gasteiger charge is 2.52. The number of urea groups is 1. The van der Waals surface area contributed by atoms with Gasteiger partial charge in [-0.1, -0.05) is 0 Å². The van der Waals surface area contributed by atoms with Crippen LogP contribution in [0.25, 0.3) is 5.70 Å². The van der Waals surface area contributed by atoms with E-state index in [0.717, 1.165) is 11.3 Å². The number of benzene rings is 1. The molecule has 3 unspecified atom stereocenters. The van der Waals surface area contributed by atoms with E-state index in [1.54, 1.807) is 19.2 Å². The number of carbonyl (C=O) groups excluding carboxylic acids is 2. The molecule has 1 aromatic rings. The maximum Gasteiger partial charge on any atom is 0.325 e. The van der Waals surface area contributed by atoms with Gasteiger partial charge in [0.15, 0.2) is 6.29 Å². The highest BCUT2D eigenvalue weighted by molar-refractivity contribution is 6.00. The molecule has 3 heterocycles. The highest BCUT2D eigenvalue weighted by atomic mass is 19.1. The third-order valence-corrected chi connectivity index (χ3v) is 4.21. The Hall–Kier alpha value is -2.61. The summed E-state index contributed by atoms with van der Waals surface area (Å²) in [7, 11) is 1.64. The second-order valence-corrected chi connectivity index (χ2v) is 5.51. The maximum atomic E-state index is 13.0. The maximum absolute atomic E-state index is 13.0. The van der Waals surface area contributed by atoms with Crippen LogP contribution in [0.1, 0.15) is 5.56 Å². The van der Waals surface area contributed by atoms with Gasteiger partial charge in [0.05, 0.1) is 5.70 Å². The van der Waals surface area contributed by atoms with Gasteiger partial charge in [-0.2, -0.15) is 0 Å². The Bertz CT molecular complexity index is 689. The fraction of sp³-hybridized carbons (Fsp3) is 0.286. The number of fused-ring (bicyclic) bond motifs is 3. The average Bonchev–Trinajstić information content (AvgIpc) is 3.03. The van der Waals surface area contributed by atoms with Gasteiger partial charge in [-0.15, -0.1) is 0 Å². The minimum Gasteiger partial charge on any atom is -0.351 e. The van der Waals surface area contributed by atoms with Crippen molar-refractivity contribution in [1.29, 1.82) is 0 Å². The molecule has 7 nitrogen and oxygen atoms in total. The van der Waals surface area contributed by atoms with Crippen LogP contribution in [0.2, 0.25) is 0 Å². The topological polar surface area (TPSA) is 76.7 Å². The molecule has 0 aliphatic carbocycles. The van der Waals surface area contributed by atoms with Crippen molar-refractivity contribution in [3.8, 4) is 0 Å². The van der Waals surface area contributed by atoms with Gasteiger partial charge in [0, 0.05) is 13.2 Å². The van der Waals surface area contributed by atoms with Gasteiger partial charge >= 0.3 is 6.03 Å².